The molecule has 2 N–H and O–H groups in total. The summed E-state index contributed by atoms with van der Waals surface area (Å²) in [5, 5.41) is 22.6. The second-order valence-corrected chi connectivity index (χ2v) is 11.5. The summed E-state index contributed by atoms with van der Waals surface area (Å²) in [6, 6.07) is 12.7. The van der Waals surface area contributed by atoms with Gasteiger partial charge in [-0.05, 0) is 73.6 Å². The van der Waals surface area contributed by atoms with Gasteiger partial charge in [-0.3, -0.25) is 0 Å². The zero-order valence-corrected chi connectivity index (χ0v) is 21.0. The lowest BCUT2D eigenvalue weighted by atomic mass is 9.61. The van der Waals surface area contributed by atoms with Gasteiger partial charge in [-0.15, -0.1) is 0 Å². The highest BCUT2D eigenvalue weighted by Gasteiger charge is 2.41. The van der Waals surface area contributed by atoms with Crippen molar-refractivity contribution in [3.63, 3.8) is 0 Å². The lowest BCUT2D eigenvalue weighted by molar-refractivity contribution is 0.341. The molecule has 0 atom stereocenters. The molecule has 0 heterocycles. The van der Waals surface area contributed by atoms with Crippen molar-refractivity contribution in [2.75, 3.05) is 0 Å². The maximum absolute atomic E-state index is 11.3. The molecule has 3 aliphatic carbocycles. The minimum Gasteiger partial charge on any atom is -0.508 e. The van der Waals surface area contributed by atoms with Gasteiger partial charge in [0.05, 0.1) is 0 Å². The van der Waals surface area contributed by atoms with E-state index < -0.39 is 0 Å². The maximum atomic E-state index is 11.3. The van der Waals surface area contributed by atoms with Crippen LogP contribution < -0.4 is 0 Å². The van der Waals surface area contributed by atoms with Crippen LogP contribution >= 0.6 is 0 Å². The number of rotatable bonds is 4. The first-order chi connectivity index (χ1) is 16.7. The van der Waals surface area contributed by atoms with Crippen LogP contribution in [0.1, 0.15) is 143 Å². The van der Waals surface area contributed by atoms with Gasteiger partial charge in [0.25, 0.3) is 0 Å². The highest BCUT2D eigenvalue weighted by molar-refractivity contribution is 5.55. The summed E-state index contributed by atoms with van der Waals surface area (Å²) >= 11 is 0. The first-order valence-electron chi connectivity index (χ1n) is 14.4. The van der Waals surface area contributed by atoms with Crippen LogP contribution in [0.4, 0.5) is 0 Å². The second kappa shape index (κ2) is 10.8. The zero-order chi connectivity index (χ0) is 23.4. The molecule has 0 unspecified atom stereocenters. The summed E-state index contributed by atoms with van der Waals surface area (Å²) in [6.45, 7) is 0. The van der Waals surface area contributed by atoms with Crippen molar-refractivity contribution in [1.82, 2.24) is 0 Å². The van der Waals surface area contributed by atoms with E-state index in [4.69, 9.17) is 0 Å². The normalized spacial score (nSPS) is 22.7. The Morgan fingerprint density at radius 1 is 0.500 bits per heavy atom. The third kappa shape index (κ3) is 4.62. The highest BCUT2D eigenvalue weighted by atomic mass is 16.3. The van der Waals surface area contributed by atoms with Gasteiger partial charge in [-0.25, -0.2) is 0 Å². The van der Waals surface area contributed by atoms with Crippen molar-refractivity contribution >= 4 is 0 Å². The van der Waals surface area contributed by atoms with Crippen LogP contribution in [0.15, 0.2) is 36.4 Å². The van der Waals surface area contributed by atoms with Gasteiger partial charge in [0.15, 0.2) is 0 Å². The van der Waals surface area contributed by atoms with Crippen LogP contribution in [0.2, 0.25) is 0 Å². The van der Waals surface area contributed by atoms with E-state index >= 15 is 0 Å². The lowest BCUT2D eigenvalue weighted by Gasteiger charge is -2.42. The molecule has 2 aromatic carbocycles. The number of hydrogen-bond donors (Lipinski definition) is 2. The van der Waals surface area contributed by atoms with Crippen LogP contribution in [0.5, 0.6) is 11.5 Å². The van der Waals surface area contributed by atoms with Gasteiger partial charge in [0, 0.05) is 16.5 Å². The molecular formula is C32H44O2. The quantitative estimate of drug-likeness (QED) is 0.477. The summed E-state index contributed by atoms with van der Waals surface area (Å²) in [5.74, 6) is 1.93. The first-order valence-corrected chi connectivity index (χ1v) is 14.4. The average molecular weight is 461 g/mol. The number of aromatic hydroxyl groups is 2. The van der Waals surface area contributed by atoms with Crippen LogP contribution in [0, 0.1) is 0 Å². The Labute approximate surface area is 206 Å². The molecule has 2 nitrogen and oxygen atoms in total. The van der Waals surface area contributed by atoms with Crippen molar-refractivity contribution in [1.29, 1.82) is 0 Å². The average Bonchev–Trinajstić information content (AvgIpc) is 2.85. The first kappa shape index (κ1) is 23.8. The van der Waals surface area contributed by atoms with E-state index in [-0.39, 0.29) is 5.41 Å². The van der Waals surface area contributed by atoms with Crippen molar-refractivity contribution < 1.29 is 10.2 Å². The third-order valence-corrected chi connectivity index (χ3v) is 9.43. The van der Waals surface area contributed by atoms with E-state index in [2.05, 4.69) is 24.3 Å². The predicted octanol–water partition coefficient (Wildman–Crippen LogP) is 9.22. The van der Waals surface area contributed by atoms with E-state index in [0.29, 0.717) is 23.3 Å². The molecule has 3 saturated carbocycles. The molecule has 3 fully saturated rings. The van der Waals surface area contributed by atoms with E-state index in [1.165, 1.54) is 119 Å². The molecule has 5 rings (SSSR count). The molecular weight excluding hydrogens is 416 g/mol. The third-order valence-electron chi connectivity index (χ3n) is 9.43. The summed E-state index contributed by atoms with van der Waals surface area (Å²) in [6.07, 6.45) is 21.1. The molecule has 0 aromatic heterocycles. The van der Waals surface area contributed by atoms with Gasteiger partial charge < -0.3 is 10.2 Å². The maximum Gasteiger partial charge on any atom is 0.119 e. The standard InChI is InChI=1S/C32H44O2/c33-28-20-12-18-26(30(28)24-14-6-4-7-15-24)32(22-10-2-1-3-11-23-32)27-19-13-21-29(34)31(27)25-16-8-5-9-17-25/h12-13,18-21,24-25,33-34H,1-11,14-17,22-23H2. The topological polar surface area (TPSA) is 40.5 Å². The minimum absolute atomic E-state index is 0.114. The Morgan fingerprint density at radius 2 is 0.882 bits per heavy atom. The summed E-state index contributed by atoms with van der Waals surface area (Å²) in [4.78, 5) is 0. The van der Waals surface area contributed by atoms with E-state index in [1.54, 1.807) is 0 Å². The van der Waals surface area contributed by atoms with Crippen LogP contribution in [0.3, 0.4) is 0 Å². The fraction of sp³-hybridized carbons (Fsp3) is 0.625. The smallest absolute Gasteiger partial charge is 0.119 e. The molecule has 2 heteroatoms. The zero-order valence-electron chi connectivity index (χ0n) is 21.0. The van der Waals surface area contributed by atoms with Crippen LogP contribution in [-0.4, -0.2) is 10.2 Å². The Kier molecular flexibility index (Phi) is 7.52. The monoisotopic (exact) mass is 460 g/mol. The van der Waals surface area contributed by atoms with Gasteiger partial charge >= 0.3 is 0 Å². The van der Waals surface area contributed by atoms with Gasteiger partial charge in [0.1, 0.15) is 11.5 Å². The van der Waals surface area contributed by atoms with Crippen LogP contribution in [-0.2, 0) is 5.41 Å². The van der Waals surface area contributed by atoms with E-state index in [0.717, 1.165) is 12.8 Å². The Morgan fingerprint density at radius 3 is 1.32 bits per heavy atom. The number of phenolic OH excluding ortho intramolecular Hbond substituents is 2. The molecule has 0 spiro atoms. The Balaban J connectivity index is 1.71. The molecule has 0 saturated heterocycles. The molecule has 0 aliphatic heterocycles. The fourth-order valence-corrected chi connectivity index (χ4v) is 7.77. The fourth-order valence-electron chi connectivity index (χ4n) is 7.77. The molecule has 0 radical (unpaired) electrons. The highest BCUT2D eigenvalue weighted by Crippen LogP contribution is 2.53. The summed E-state index contributed by atoms with van der Waals surface area (Å²) in [7, 11) is 0. The molecule has 0 bridgehead atoms. The number of benzene rings is 2. The van der Waals surface area contributed by atoms with Crippen molar-refractivity contribution in [3.8, 4) is 11.5 Å². The number of hydrogen-bond acceptors (Lipinski definition) is 2. The molecule has 3 aliphatic rings. The largest absolute Gasteiger partial charge is 0.508 e. The lowest BCUT2D eigenvalue weighted by Crippen LogP contribution is -2.33. The summed E-state index contributed by atoms with van der Waals surface area (Å²) < 4.78 is 0. The van der Waals surface area contributed by atoms with Gasteiger partial charge in [-0.1, -0.05) is 94.9 Å². The van der Waals surface area contributed by atoms with Crippen LogP contribution in [0.25, 0.3) is 0 Å². The minimum atomic E-state index is -0.114. The Bertz CT molecular complexity index is 872. The second-order valence-electron chi connectivity index (χ2n) is 11.5. The Hall–Kier alpha value is -1.96. The number of phenols is 2. The van der Waals surface area contributed by atoms with Crippen molar-refractivity contribution in [2.45, 2.75) is 126 Å². The molecule has 184 valence electrons. The molecule has 0 amide bonds. The SMILES string of the molecule is Oc1cccc(C2(c3cccc(O)c3C3CCCCC3)CCCCCCC2)c1C1CCCCC1. The predicted molar refractivity (Wildman–Crippen MR) is 141 cm³/mol. The van der Waals surface area contributed by atoms with Gasteiger partial charge in [-0.2, -0.15) is 0 Å². The van der Waals surface area contributed by atoms with Crippen molar-refractivity contribution in [2.24, 2.45) is 0 Å². The summed E-state index contributed by atoms with van der Waals surface area (Å²) in [5.41, 5.74) is 5.12. The molecule has 34 heavy (non-hydrogen) atoms. The van der Waals surface area contributed by atoms with Crippen molar-refractivity contribution in [3.05, 3.63) is 58.7 Å². The molecule has 2 aromatic rings. The van der Waals surface area contributed by atoms with E-state index in [1.807, 2.05) is 12.1 Å². The van der Waals surface area contributed by atoms with E-state index in [9.17, 15) is 10.2 Å². The van der Waals surface area contributed by atoms with Gasteiger partial charge in [0.2, 0.25) is 0 Å².